The number of hydrogen-bond acceptors (Lipinski definition) is 6. The molecule has 0 atom stereocenters. The van der Waals surface area contributed by atoms with Crippen LogP contribution in [0.4, 0.5) is 51.2 Å². The third kappa shape index (κ3) is 16.5. The van der Waals surface area contributed by atoms with E-state index in [1.807, 2.05) is 34.0 Å². The first-order valence-corrected chi connectivity index (χ1v) is 49.4. The van der Waals surface area contributed by atoms with Crippen molar-refractivity contribution in [3.05, 3.63) is 540 Å². The van der Waals surface area contributed by atoms with E-state index in [1.54, 1.807) is 0 Å². The quantitative estimate of drug-likeness (QED) is 0.0842. The zero-order valence-electron chi connectivity index (χ0n) is 75.5. The van der Waals surface area contributed by atoms with Crippen LogP contribution in [-0.2, 0) is 0 Å². The molecule has 0 aliphatic heterocycles. The Bertz CT molecular complexity index is 8900. The van der Waals surface area contributed by atoms with Gasteiger partial charge in [-0.05, 0) is 226 Å². The minimum Gasteiger partial charge on any atom is -0.310 e. The molecule has 650 valence electrons. The molecule has 3 aromatic heterocycles. The van der Waals surface area contributed by atoms with Crippen molar-refractivity contribution in [3.8, 4) is 89.0 Å². The van der Waals surface area contributed by atoms with Gasteiger partial charge < -0.3 is 14.7 Å². The number of nitrogens with zero attached hydrogens (tertiary/aromatic N) is 3. The van der Waals surface area contributed by atoms with Crippen molar-refractivity contribution >= 4 is 178 Å². The van der Waals surface area contributed by atoms with Crippen molar-refractivity contribution in [1.29, 1.82) is 0 Å². The Kier molecular flexibility index (Phi) is 22.7. The molecule has 26 rings (SSSR count). The van der Waals surface area contributed by atoms with Gasteiger partial charge in [0.05, 0.1) is 32.1 Å². The van der Waals surface area contributed by atoms with Crippen molar-refractivity contribution in [1.82, 2.24) is 0 Å². The fourth-order valence-corrected chi connectivity index (χ4v) is 23.5. The van der Waals surface area contributed by atoms with E-state index in [0.717, 1.165) is 34.1 Å². The Morgan fingerprint density at radius 3 is 0.891 bits per heavy atom. The van der Waals surface area contributed by atoms with Crippen molar-refractivity contribution in [2.75, 3.05) is 14.7 Å². The second kappa shape index (κ2) is 37.4. The largest absolute Gasteiger partial charge is 0.310 e. The zero-order chi connectivity index (χ0) is 91.6. The van der Waals surface area contributed by atoms with Gasteiger partial charge in [0.15, 0.2) is 0 Å². The monoisotopic (exact) mass is 1810 g/mol. The van der Waals surface area contributed by atoms with Gasteiger partial charge in [-0.1, -0.05) is 425 Å². The van der Waals surface area contributed by atoms with Crippen LogP contribution in [0.15, 0.2) is 540 Å². The molecule has 0 bridgehead atoms. The average Bonchev–Trinajstić information content (AvgIpc) is 0.895. The molecule has 26 aromatic rings. The van der Waals surface area contributed by atoms with Gasteiger partial charge in [-0.3, -0.25) is 0 Å². The van der Waals surface area contributed by atoms with Gasteiger partial charge in [-0.15, -0.1) is 34.0 Å². The maximum Gasteiger partial charge on any atom is 0.0640 e. The Hall–Kier alpha value is -17.1. The Labute approximate surface area is 815 Å². The number of para-hydroxylation sites is 1. The molecule has 3 heterocycles. The Morgan fingerprint density at radius 1 is 0.123 bits per heavy atom. The lowest BCUT2D eigenvalue weighted by atomic mass is 9.98. The number of benzene rings is 23. The number of rotatable bonds is 17. The Balaban J connectivity index is 0.000000113. The third-order valence-electron chi connectivity index (χ3n) is 26.6. The van der Waals surface area contributed by atoms with Crippen LogP contribution in [-0.4, -0.2) is 0 Å². The number of thiophene rings is 3. The van der Waals surface area contributed by atoms with Crippen LogP contribution in [0.2, 0.25) is 0 Å². The first-order chi connectivity index (χ1) is 68.4. The fourth-order valence-electron chi connectivity index (χ4n) is 19.8. The van der Waals surface area contributed by atoms with E-state index in [9.17, 15) is 0 Å². The van der Waals surface area contributed by atoms with E-state index in [4.69, 9.17) is 0 Å². The molecule has 0 saturated heterocycles. The minimum absolute atomic E-state index is 1.12. The van der Waals surface area contributed by atoms with Gasteiger partial charge in [0, 0.05) is 90.5 Å². The molecule has 0 fully saturated rings. The zero-order valence-corrected chi connectivity index (χ0v) is 77.9. The number of hydrogen-bond donors (Lipinski definition) is 0. The molecular formula is C132H89N3S3. The van der Waals surface area contributed by atoms with Gasteiger partial charge in [-0.2, -0.15) is 0 Å². The lowest BCUT2D eigenvalue weighted by Gasteiger charge is -2.28. The van der Waals surface area contributed by atoms with Crippen molar-refractivity contribution in [2.24, 2.45) is 0 Å². The summed E-state index contributed by atoms with van der Waals surface area (Å²) in [6, 6.07) is 195. The lowest BCUT2D eigenvalue weighted by Crippen LogP contribution is -2.11. The molecule has 0 spiro atoms. The van der Waals surface area contributed by atoms with Crippen LogP contribution < -0.4 is 14.7 Å². The van der Waals surface area contributed by atoms with Crippen LogP contribution in [0.1, 0.15) is 0 Å². The standard InChI is InChI=1S/C46H31NS.C44H29NS.C42H29NS/c1-2-10-32(11-3-1)37-14-8-15-38(30-37)34-22-26-40(27-23-34)47(44-18-9-17-43-42-16-6-7-19-45(42)48-46(43)44)41-28-24-35(25-29-41)39-21-20-33-12-4-5-13-36(33)31-39;1-2-11-30(12-3-1)31-21-25-34(26-22-31)45(42-29-33-13-4-5-14-36(33)38-15-6-7-16-39(38)42)35-27-23-32(24-28-35)37-18-10-19-41-40-17-8-9-20-43(40)46-44(37)41;1-3-12-30(13-4-1)31-22-24-32(25-23-31)33-26-28-35(29-27-33)43(39-19-9-7-16-36(39)34-14-5-2-6-15-34)40-20-11-18-38-37-17-8-10-21-41(37)44-42(38)40/h1-31H;1-29H;1-29H. The van der Waals surface area contributed by atoms with E-state index < -0.39 is 0 Å². The van der Waals surface area contributed by atoms with Crippen molar-refractivity contribution < 1.29 is 0 Å². The molecule has 0 aliphatic carbocycles. The van der Waals surface area contributed by atoms with Gasteiger partial charge in [0.2, 0.25) is 0 Å². The SMILES string of the molecule is c1ccc(-c2ccc(-c3ccc(N(c4ccccc4-c4ccccc4)c4cccc5c4sc4ccccc45)cc3)cc2)cc1.c1ccc(-c2ccc(N(c3ccc(-c4cccc5c4sc4ccccc45)cc3)c3cc4ccccc4c4ccccc34)cc2)cc1.c1ccc(-c2cccc(-c3ccc(N(c4ccc(-c5ccc6ccccc6c5)cc4)c4cccc5c4sc4ccccc45)cc3)c2)cc1. The highest BCUT2D eigenvalue weighted by Gasteiger charge is 2.25. The second-order valence-electron chi connectivity index (χ2n) is 34.9. The number of fused-ring (bicyclic) bond motifs is 13. The summed E-state index contributed by atoms with van der Waals surface area (Å²) in [7, 11) is 0. The highest BCUT2D eigenvalue weighted by molar-refractivity contribution is 7.27. The molecular weight excluding hydrogens is 1720 g/mol. The Morgan fingerprint density at radius 2 is 0.399 bits per heavy atom. The summed E-state index contributed by atoms with van der Waals surface area (Å²) in [5.41, 5.74) is 29.8. The maximum absolute atomic E-state index is 2.43. The number of anilines is 9. The van der Waals surface area contributed by atoms with Gasteiger partial charge in [-0.25, -0.2) is 0 Å². The summed E-state index contributed by atoms with van der Waals surface area (Å²) in [4.78, 5) is 7.25. The predicted molar refractivity (Wildman–Crippen MR) is 598 cm³/mol. The molecule has 23 aromatic carbocycles. The van der Waals surface area contributed by atoms with Crippen molar-refractivity contribution in [3.63, 3.8) is 0 Å². The summed E-state index contributed by atoms with van der Waals surface area (Å²) in [6.45, 7) is 0. The molecule has 0 unspecified atom stereocenters. The van der Waals surface area contributed by atoms with Gasteiger partial charge >= 0.3 is 0 Å². The highest BCUT2D eigenvalue weighted by Crippen LogP contribution is 2.52. The molecule has 0 aliphatic rings. The second-order valence-corrected chi connectivity index (χ2v) is 38.0. The van der Waals surface area contributed by atoms with Crippen LogP contribution >= 0.6 is 34.0 Å². The molecule has 0 radical (unpaired) electrons. The third-order valence-corrected chi connectivity index (χ3v) is 30.3. The first kappa shape index (κ1) is 83.9. The van der Waals surface area contributed by atoms with E-state index in [-0.39, 0.29) is 0 Å². The summed E-state index contributed by atoms with van der Waals surface area (Å²) < 4.78 is 7.86. The summed E-state index contributed by atoms with van der Waals surface area (Å²) in [5.74, 6) is 0. The van der Waals surface area contributed by atoms with E-state index in [1.165, 1.54) is 199 Å². The molecule has 138 heavy (non-hydrogen) atoms. The summed E-state index contributed by atoms with van der Waals surface area (Å²) >= 11 is 5.61. The van der Waals surface area contributed by atoms with Crippen LogP contribution in [0.5, 0.6) is 0 Å². The molecule has 0 amide bonds. The normalized spacial score (nSPS) is 11.3. The van der Waals surface area contributed by atoms with Crippen molar-refractivity contribution in [2.45, 2.75) is 0 Å². The highest BCUT2D eigenvalue weighted by atomic mass is 32.1. The summed E-state index contributed by atoms with van der Waals surface area (Å²) in [5, 5.41) is 15.4. The molecule has 6 heteroatoms. The van der Waals surface area contributed by atoms with Gasteiger partial charge in [0.25, 0.3) is 0 Å². The van der Waals surface area contributed by atoms with E-state index >= 15 is 0 Å². The van der Waals surface area contributed by atoms with Crippen LogP contribution in [0.25, 0.3) is 182 Å². The minimum atomic E-state index is 1.12. The summed E-state index contributed by atoms with van der Waals surface area (Å²) in [6.07, 6.45) is 0. The molecule has 0 N–H and O–H groups in total. The smallest absolute Gasteiger partial charge is 0.0640 e. The van der Waals surface area contributed by atoms with Crippen LogP contribution in [0.3, 0.4) is 0 Å². The lowest BCUT2D eigenvalue weighted by molar-refractivity contribution is 1.30. The van der Waals surface area contributed by atoms with Gasteiger partial charge in [0.1, 0.15) is 0 Å². The molecule has 3 nitrogen and oxygen atoms in total. The maximum atomic E-state index is 2.43. The average molecular weight is 1810 g/mol. The first-order valence-electron chi connectivity index (χ1n) is 47.0. The topological polar surface area (TPSA) is 9.72 Å². The molecule has 0 saturated carbocycles. The fraction of sp³-hybridized carbons (Fsp3) is 0. The van der Waals surface area contributed by atoms with E-state index in [0.29, 0.717) is 0 Å². The van der Waals surface area contributed by atoms with Crippen LogP contribution in [0, 0.1) is 0 Å². The van der Waals surface area contributed by atoms with E-state index in [2.05, 4.69) is 555 Å². The predicted octanol–water partition coefficient (Wildman–Crippen LogP) is 39.4.